The van der Waals surface area contributed by atoms with Gasteiger partial charge in [0.05, 0.1) is 24.8 Å². The number of aliphatic hydroxyl groups excluding tert-OH is 1. The van der Waals surface area contributed by atoms with E-state index in [0.29, 0.717) is 22.6 Å². The van der Waals surface area contributed by atoms with Gasteiger partial charge in [0, 0.05) is 24.5 Å². The third-order valence-corrected chi connectivity index (χ3v) is 5.86. The fourth-order valence-electron chi connectivity index (χ4n) is 4.24. The maximum absolute atomic E-state index is 13.3. The number of pyridine rings is 1. The summed E-state index contributed by atoms with van der Waals surface area (Å²) in [6.45, 7) is 5.92. The predicted molar refractivity (Wildman–Crippen MR) is 132 cm³/mol. The molecule has 1 aromatic heterocycles. The number of amides is 1. The molecule has 0 aliphatic carbocycles. The van der Waals surface area contributed by atoms with Crippen LogP contribution < -0.4 is 9.47 Å². The van der Waals surface area contributed by atoms with Crippen molar-refractivity contribution in [1.29, 1.82) is 0 Å². The normalized spacial score (nSPS) is 17.2. The molecular formula is C28H28N2O5. The van der Waals surface area contributed by atoms with Crippen LogP contribution >= 0.6 is 0 Å². The van der Waals surface area contributed by atoms with Crippen LogP contribution in [0, 0.1) is 6.92 Å². The number of methoxy groups -OCH3 is 1. The Morgan fingerprint density at radius 1 is 1.09 bits per heavy atom. The van der Waals surface area contributed by atoms with E-state index in [2.05, 4.69) is 4.98 Å². The molecule has 4 rings (SSSR count). The Kier molecular flexibility index (Phi) is 6.87. The molecule has 1 N–H and O–H groups in total. The van der Waals surface area contributed by atoms with Gasteiger partial charge in [-0.05, 0) is 79.9 Å². The molecule has 0 radical (unpaired) electrons. The summed E-state index contributed by atoms with van der Waals surface area (Å²) in [7, 11) is 1.57. The number of hydrogen-bond acceptors (Lipinski definition) is 6. The molecule has 1 atom stereocenters. The highest BCUT2D eigenvalue weighted by Crippen LogP contribution is 2.40. The fraction of sp³-hybridized carbons (Fsp3) is 0.250. The number of ether oxygens (including phenoxy) is 2. The third kappa shape index (κ3) is 4.89. The Balaban J connectivity index is 1.80. The van der Waals surface area contributed by atoms with Crippen molar-refractivity contribution in [3.05, 3.63) is 94.8 Å². The molecule has 35 heavy (non-hydrogen) atoms. The lowest BCUT2D eigenvalue weighted by molar-refractivity contribution is -0.140. The molecule has 2 aromatic carbocycles. The summed E-state index contributed by atoms with van der Waals surface area (Å²) in [5.41, 5.74) is 2.78. The highest BCUT2D eigenvalue weighted by Gasteiger charge is 2.46. The minimum atomic E-state index is -0.768. The van der Waals surface area contributed by atoms with Crippen molar-refractivity contribution < 1.29 is 24.2 Å². The van der Waals surface area contributed by atoms with Gasteiger partial charge in [-0.3, -0.25) is 14.6 Å². The average molecular weight is 473 g/mol. The molecule has 1 saturated heterocycles. The van der Waals surface area contributed by atoms with Crippen molar-refractivity contribution in [2.75, 3.05) is 7.11 Å². The second kappa shape index (κ2) is 10.0. The van der Waals surface area contributed by atoms with Crippen molar-refractivity contribution in [3.63, 3.8) is 0 Å². The lowest BCUT2D eigenvalue weighted by Crippen LogP contribution is -2.29. The number of nitrogens with zero attached hydrogens (tertiary/aromatic N) is 2. The van der Waals surface area contributed by atoms with Crippen LogP contribution in [0.25, 0.3) is 5.76 Å². The van der Waals surface area contributed by atoms with E-state index in [4.69, 9.17) is 9.47 Å². The second-order valence-corrected chi connectivity index (χ2v) is 8.71. The largest absolute Gasteiger partial charge is 0.507 e. The minimum absolute atomic E-state index is 0.00164. The van der Waals surface area contributed by atoms with Gasteiger partial charge in [0.2, 0.25) is 0 Å². The molecule has 0 spiro atoms. The highest BCUT2D eigenvalue weighted by molar-refractivity contribution is 6.46. The standard InChI is InChI=1S/C28H28N2O5/c1-17(2)35-23-9-8-21(14-18(23)3)26(31)24-25(20-10-12-29-13-11-20)30(28(33)27(24)32)16-19-6-5-7-22(15-19)34-4/h5-15,17,25,31H,16H2,1-4H3/b26-24-. The lowest BCUT2D eigenvalue weighted by atomic mass is 9.95. The maximum atomic E-state index is 13.3. The van der Waals surface area contributed by atoms with Gasteiger partial charge in [0.25, 0.3) is 11.7 Å². The van der Waals surface area contributed by atoms with Gasteiger partial charge in [-0.1, -0.05) is 12.1 Å². The highest BCUT2D eigenvalue weighted by atomic mass is 16.5. The van der Waals surface area contributed by atoms with Crippen molar-refractivity contribution in [2.24, 2.45) is 0 Å². The molecule has 1 fully saturated rings. The zero-order chi connectivity index (χ0) is 25.1. The van der Waals surface area contributed by atoms with E-state index in [9.17, 15) is 14.7 Å². The van der Waals surface area contributed by atoms with Crippen molar-refractivity contribution in [1.82, 2.24) is 9.88 Å². The number of likely N-dealkylation sites (tertiary alicyclic amines) is 1. The van der Waals surface area contributed by atoms with E-state index in [1.807, 2.05) is 45.0 Å². The van der Waals surface area contributed by atoms with Gasteiger partial charge in [-0.25, -0.2) is 0 Å². The average Bonchev–Trinajstić information content (AvgIpc) is 3.10. The van der Waals surface area contributed by atoms with E-state index in [1.165, 1.54) is 4.90 Å². The molecular weight excluding hydrogens is 444 g/mol. The summed E-state index contributed by atoms with van der Waals surface area (Å²) in [4.78, 5) is 32.0. The van der Waals surface area contributed by atoms with Gasteiger partial charge in [0.15, 0.2) is 0 Å². The number of benzene rings is 2. The van der Waals surface area contributed by atoms with Crippen LogP contribution in [0.4, 0.5) is 0 Å². The minimum Gasteiger partial charge on any atom is -0.507 e. The van der Waals surface area contributed by atoms with Crippen molar-refractivity contribution in [3.8, 4) is 11.5 Å². The Morgan fingerprint density at radius 3 is 2.49 bits per heavy atom. The van der Waals surface area contributed by atoms with Crippen molar-refractivity contribution in [2.45, 2.75) is 39.5 Å². The Labute approximate surface area is 204 Å². The smallest absolute Gasteiger partial charge is 0.295 e. The van der Waals surface area contributed by atoms with Gasteiger partial charge >= 0.3 is 0 Å². The monoisotopic (exact) mass is 472 g/mol. The second-order valence-electron chi connectivity index (χ2n) is 8.71. The summed E-state index contributed by atoms with van der Waals surface area (Å²) >= 11 is 0. The Morgan fingerprint density at radius 2 is 1.83 bits per heavy atom. The predicted octanol–water partition coefficient (Wildman–Crippen LogP) is 4.81. The van der Waals surface area contributed by atoms with E-state index in [0.717, 1.165) is 11.1 Å². The van der Waals surface area contributed by atoms with Crippen LogP contribution in [0.15, 0.2) is 72.6 Å². The molecule has 1 unspecified atom stereocenters. The summed E-state index contributed by atoms with van der Waals surface area (Å²) in [6.07, 6.45) is 3.20. The first-order valence-electron chi connectivity index (χ1n) is 11.4. The Bertz CT molecular complexity index is 1280. The van der Waals surface area contributed by atoms with E-state index >= 15 is 0 Å². The van der Waals surface area contributed by atoms with Crippen LogP contribution in [0.5, 0.6) is 11.5 Å². The summed E-state index contributed by atoms with van der Waals surface area (Å²) in [6, 6.07) is 15.3. The van der Waals surface area contributed by atoms with Crippen LogP contribution in [0.1, 0.15) is 42.1 Å². The molecule has 7 heteroatoms. The molecule has 0 saturated carbocycles. The Hall–Kier alpha value is -4.13. The molecule has 1 amide bonds. The summed E-state index contributed by atoms with van der Waals surface area (Å²) in [5, 5.41) is 11.3. The van der Waals surface area contributed by atoms with Gasteiger partial charge in [0.1, 0.15) is 17.3 Å². The molecule has 180 valence electrons. The molecule has 3 aromatic rings. The number of hydrogen-bond donors (Lipinski definition) is 1. The van der Waals surface area contributed by atoms with E-state index < -0.39 is 17.7 Å². The first kappa shape index (κ1) is 24.0. The number of carbonyl (C=O) groups is 2. The molecule has 1 aliphatic heterocycles. The van der Waals surface area contributed by atoms with E-state index in [1.54, 1.807) is 49.8 Å². The number of rotatable bonds is 7. The molecule has 7 nitrogen and oxygen atoms in total. The van der Waals surface area contributed by atoms with Crippen LogP contribution in [0.3, 0.4) is 0 Å². The first-order valence-corrected chi connectivity index (χ1v) is 11.4. The number of Topliss-reactive ketones (excluding diaryl/α,β-unsaturated/α-hetero) is 1. The van der Waals surface area contributed by atoms with Crippen molar-refractivity contribution >= 4 is 17.4 Å². The quantitative estimate of drug-likeness (QED) is 0.302. The fourth-order valence-corrected chi connectivity index (χ4v) is 4.24. The third-order valence-electron chi connectivity index (χ3n) is 5.86. The van der Waals surface area contributed by atoms with E-state index in [-0.39, 0.29) is 24.0 Å². The topological polar surface area (TPSA) is 89.0 Å². The lowest BCUT2D eigenvalue weighted by Gasteiger charge is -2.25. The molecule has 2 heterocycles. The maximum Gasteiger partial charge on any atom is 0.295 e. The van der Waals surface area contributed by atoms with Crippen LogP contribution in [-0.4, -0.2) is 39.9 Å². The summed E-state index contributed by atoms with van der Waals surface area (Å²) in [5.74, 6) is -0.281. The zero-order valence-corrected chi connectivity index (χ0v) is 20.2. The van der Waals surface area contributed by atoms with Crippen LogP contribution in [-0.2, 0) is 16.1 Å². The first-order chi connectivity index (χ1) is 16.8. The number of carbonyl (C=O) groups excluding carboxylic acids is 2. The molecule has 1 aliphatic rings. The number of aliphatic hydroxyl groups is 1. The van der Waals surface area contributed by atoms with Crippen LogP contribution in [0.2, 0.25) is 0 Å². The SMILES string of the molecule is COc1cccc(CN2C(=O)C(=O)/C(=C(\O)c3ccc(OC(C)C)c(C)c3)C2c2ccncc2)c1. The van der Waals surface area contributed by atoms with Gasteiger partial charge in [-0.15, -0.1) is 0 Å². The number of ketones is 1. The zero-order valence-electron chi connectivity index (χ0n) is 20.2. The molecule has 0 bridgehead atoms. The van der Waals surface area contributed by atoms with Gasteiger partial charge < -0.3 is 19.5 Å². The van der Waals surface area contributed by atoms with Gasteiger partial charge in [-0.2, -0.15) is 0 Å². The number of aryl methyl sites for hydroxylation is 1. The summed E-state index contributed by atoms with van der Waals surface area (Å²) < 4.78 is 11.1. The number of aromatic nitrogens is 1.